The molecule has 1 aromatic carbocycles. The van der Waals surface area contributed by atoms with Gasteiger partial charge in [-0.3, -0.25) is 0 Å². The number of aromatic nitrogens is 1. The molecule has 1 heterocycles. The molecule has 0 unspecified atom stereocenters. The molecule has 0 spiro atoms. The van der Waals surface area contributed by atoms with E-state index in [1.807, 2.05) is 0 Å². The van der Waals surface area contributed by atoms with Gasteiger partial charge in [-0.25, -0.2) is 0 Å². The van der Waals surface area contributed by atoms with E-state index in [4.69, 9.17) is 14.7 Å². The molecule has 2 rings (SSSR count). The Morgan fingerprint density at radius 1 is 1.21 bits per heavy atom. The summed E-state index contributed by atoms with van der Waals surface area (Å²) in [5.74, 6) is 0.782. The highest BCUT2D eigenvalue weighted by Crippen LogP contribution is 2.22. The zero-order valence-electron chi connectivity index (χ0n) is 7.34. The van der Waals surface area contributed by atoms with Crippen LogP contribution in [-0.2, 0) is 6.61 Å². The van der Waals surface area contributed by atoms with Gasteiger partial charge < -0.3 is 14.7 Å². The van der Waals surface area contributed by atoms with Gasteiger partial charge in [0.1, 0.15) is 11.4 Å². The molecule has 0 aliphatic carbocycles. The second-order valence-corrected chi connectivity index (χ2v) is 2.89. The van der Waals surface area contributed by atoms with Crippen LogP contribution >= 0.6 is 0 Å². The van der Waals surface area contributed by atoms with Crippen LogP contribution in [0.4, 0.5) is 0 Å². The first kappa shape index (κ1) is 8.77. The van der Waals surface area contributed by atoms with E-state index in [1.54, 1.807) is 30.3 Å². The molecule has 0 aliphatic rings. The normalized spacial score (nSPS) is 10.4. The van der Waals surface area contributed by atoms with Crippen LogP contribution in [0.3, 0.4) is 0 Å². The van der Waals surface area contributed by atoms with Crippen molar-refractivity contribution in [3.05, 3.63) is 36.0 Å². The highest BCUT2D eigenvalue weighted by Gasteiger charge is 2.05. The number of rotatable bonds is 2. The molecule has 0 fully saturated rings. The fourth-order valence-corrected chi connectivity index (χ4v) is 1.15. The highest BCUT2D eigenvalue weighted by atomic mass is 16.5. The van der Waals surface area contributed by atoms with Crippen LogP contribution < -0.4 is 0 Å². The molecule has 4 heteroatoms. The van der Waals surface area contributed by atoms with Crippen molar-refractivity contribution >= 4 is 0 Å². The SMILES string of the molecule is OCc1cc(-c2ccc(O)cc2)on1. The largest absolute Gasteiger partial charge is 0.508 e. The summed E-state index contributed by atoms with van der Waals surface area (Å²) in [6.07, 6.45) is 0. The summed E-state index contributed by atoms with van der Waals surface area (Å²) in [6, 6.07) is 8.23. The van der Waals surface area contributed by atoms with E-state index in [2.05, 4.69) is 5.16 Å². The summed E-state index contributed by atoms with van der Waals surface area (Å²) in [5.41, 5.74) is 1.31. The van der Waals surface area contributed by atoms with E-state index >= 15 is 0 Å². The maximum absolute atomic E-state index is 9.07. The summed E-state index contributed by atoms with van der Waals surface area (Å²) in [4.78, 5) is 0. The maximum atomic E-state index is 9.07. The minimum atomic E-state index is -0.137. The van der Waals surface area contributed by atoms with Crippen LogP contribution in [0.5, 0.6) is 5.75 Å². The van der Waals surface area contributed by atoms with Crippen LogP contribution in [0.1, 0.15) is 5.69 Å². The highest BCUT2D eigenvalue weighted by molar-refractivity contribution is 5.58. The molecule has 0 radical (unpaired) electrons. The summed E-state index contributed by atoms with van der Waals surface area (Å²) in [7, 11) is 0. The van der Waals surface area contributed by atoms with Crippen molar-refractivity contribution in [2.75, 3.05) is 0 Å². The quantitative estimate of drug-likeness (QED) is 0.755. The van der Waals surface area contributed by atoms with Crippen molar-refractivity contribution in [1.29, 1.82) is 0 Å². The lowest BCUT2D eigenvalue weighted by Crippen LogP contribution is -1.78. The molecule has 1 aromatic heterocycles. The van der Waals surface area contributed by atoms with Gasteiger partial charge in [0.25, 0.3) is 0 Å². The summed E-state index contributed by atoms with van der Waals surface area (Å²) in [5, 5.41) is 21.5. The van der Waals surface area contributed by atoms with Gasteiger partial charge in [-0.15, -0.1) is 0 Å². The smallest absolute Gasteiger partial charge is 0.167 e. The van der Waals surface area contributed by atoms with Crippen molar-refractivity contribution < 1.29 is 14.7 Å². The third-order valence-corrected chi connectivity index (χ3v) is 1.87. The zero-order valence-corrected chi connectivity index (χ0v) is 7.34. The molecule has 0 bridgehead atoms. The summed E-state index contributed by atoms with van der Waals surface area (Å²) in [6.45, 7) is -0.137. The maximum Gasteiger partial charge on any atom is 0.167 e. The summed E-state index contributed by atoms with van der Waals surface area (Å²) >= 11 is 0. The van der Waals surface area contributed by atoms with Gasteiger partial charge >= 0.3 is 0 Å². The van der Waals surface area contributed by atoms with Crippen molar-refractivity contribution in [2.24, 2.45) is 0 Å². The first-order valence-electron chi connectivity index (χ1n) is 4.15. The van der Waals surface area contributed by atoms with Crippen molar-refractivity contribution in [3.63, 3.8) is 0 Å². The van der Waals surface area contributed by atoms with Gasteiger partial charge in [0.2, 0.25) is 0 Å². The Kier molecular flexibility index (Phi) is 2.20. The van der Waals surface area contributed by atoms with Crippen molar-refractivity contribution in [1.82, 2.24) is 5.16 Å². The second-order valence-electron chi connectivity index (χ2n) is 2.89. The van der Waals surface area contributed by atoms with Crippen LogP contribution in [-0.4, -0.2) is 15.4 Å². The number of aromatic hydroxyl groups is 1. The van der Waals surface area contributed by atoms with E-state index < -0.39 is 0 Å². The topological polar surface area (TPSA) is 66.5 Å². The Morgan fingerprint density at radius 3 is 2.50 bits per heavy atom. The minimum Gasteiger partial charge on any atom is -0.508 e. The number of aliphatic hydroxyl groups is 1. The van der Waals surface area contributed by atoms with Gasteiger partial charge in [-0.1, -0.05) is 5.16 Å². The molecule has 2 N–H and O–H groups in total. The number of phenols is 1. The lowest BCUT2D eigenvalue weighted by molar-refractivity contribution is 0.267. The van der Waals surface area contributed by atoms with Gasteiger partial charge in [-0.2, -0.15) is 0 Å². The van der Waals surface area contributed by atoms with Crippen LogP contribution in [0, 0.1) is 0 Å². The molecule has 0 amide bonds. The Morgan fingerprint density at radius 2 is 1.93 bits per heavy atom. The average molecular weight is 191 g/mol. The molecule has 2 aromatic rings. The Balaban J connectivity index is 2.34. The molecular weight excluding hydrogens is 182 g/mol. The van der Waals surface area contributed by atoms with Gasteiger partial charge in [-0.05, 0) is 24.3 Å². The number of benzene rings is 1. The third-order valence-electron chi connectivity index (χ3n) is 1.87. The van der Waals surface area contributed by atoms with E-state index in [1.165, 1.54) is 0 Å². The Labute approximate surface area is 80.4 Å². The van der Waals surface area contributed by atoms with E-state index in [9.17, 15) is 0 Å². The molecule has 4 nitrogen and oxygen atoms in total. The molecular formula is C10H9NO3. The second kappa shape index (κ2) is 3.51. The molecule has 0 saturated heterocycles. The number of phenolic OH excluding ortho intramolecular Hbond substituents is 1. The number of hydrogen-bond donors (Lipinski definition) is 2. The number of aliphatic hydroxyl groups excluding tert-OH is 1. The number of hydrogen-bond acceptors (Lipinski definition) is 4. The van der Waals surface area contributed by atoms with E-state index in [-0.39, 0.29) is 12.4 Å². The van der Waals surface area contributed by atoms with Gasteiger partial charge in [0.15, 0.2) is 5.76 Å². The predicted octanol–water partition coefficient (Wildman–Crippen LogP) is 1.54. The zero-order chi connectivity index (χ0) is 9.97. The Hall–Kier alpha value is -1.81. The third kappa shape index (κ3) is 1.60. The standard InChI is InChI=1S/C10H9NO3/c12-6-8-5-10(14-11-8)7-1-3-9(13)4-2-7/h1-5,12-13H,6H2. The minimum absolute atomic E-state index is 0.137. The lowest BCUT2D eigenvalue weighted by atomic mass is 10.1. The van der Waals surface area contributed by atoms with Crippen LogP contribution in [0.2, 0.25) is 0 Å². The van der Waals surface area contributed by atoms with Gasteiger partial charge in [0, 0.05) is 11.6 Å². The average Bonchev–Trinajstić information content (AvgIpc) is 2.67. The monoisotopic (exact) mass is 191 g/mol. The van der Waals surface area contributed by atoms with Crippen LogP contribution in [0.25, 0.3) is 11.3 Å². The Bertz CT molecular complexity index is 419. The fourth-order valence-electron chi connectivity index (χ4n) is 1.15. The van der Waals surface area contributed by atoms with E-state index in [0.29, 0.717) is 11.5 Å². The molecule has 72 valence electrons. The molecule has 0 atom stereocenters. The summed E-state index contributed by atoms with van der Waals surface area (Å²) < 4.78 is 4.99. The van der Waals surface area contributed by atoms with Crippen molar-refractivity contribution in [3.8, 4) is 17.1 Å². The van der Waals surface area contributed by atoms with Crippen molar-refractivity contribution in [2.45, 2.75) is 6.61 Å². The van der Waals surface area contributed by atoms with Crippen LogP contribution in [0.15, 0.2) is 34.9 Å². The first-order valence-corrected chi connectivity index (χ1v) is 4.15. The molecule has 0 saturated carbocycles. The van der Waals surface area contributed by atoms with Gasteiger partial charge in [0.05, 0.1) is 6.61 Å². The predicted molar refractivity (Wildman–Crippen MR) is 49.5 cm³/mol. The number of nitrogens with zero attached hydrogens (tertiary/aromatic N) is 1. The first-order chi connectivity index (χ1) is 6.79. The molecule has 0 aliphatic heterocycles. The molecule has 14 heavy (non-hydrogen) atoms. The fraction of sp³-hybridized carbons (Fsp3) is 0.100. The van der Waals surface area contributed by atoms with E-state index in [0.717, 1.165) is 5.56 Å². The lowest BCUT2D eigenvalue weighted by Gasteiger charge is -1.94.